The molecule has 0 spiro atoms. The summed E-state index contributed by atoms with van der Waals surface area (Å²) in [5.74, 6) is 1.58. The number of aliphatic hydroxyl groups excluding tert-OH is 2. The van der Waals surface area contributed by atoms with Gasteiger partial charge in [0.1, 0.15) is 17.7 Å². The number of ether oxygens (including phenoxy) is 1. The Morgan fingerprint density at radius 2 is 2.04 bits per heavy atom. The van der Waals surface area contributed by atoms with E-state index in [1.807, 2.05) is 0 Å². The van der Waals surface area contributed by atoms with Crippen LogP contribution in [0, 0.1) is 0 Å². The number of anilines is 2. The van der Waals surface area contributed by atoms with Gasteiger partial charge in [-0.1, -0.05) is 0 Å². The Balaban J connectivity index is 1.80. The van der Waals surface area contributed by atoms with Crippen LogP contribution in [0.5, 0.6) is 0 Å². The van der Waals surface area contributed by atoms with E-state index in [4.69, 9.17) is 21.9 Å². The molecule has 4 atom stereocenters. The van der Waals surface area contributed by atoms with Gasteiger partial charge >= 0.3 is 0 Å². The summed E-state index contributed by atoms with van der Waals surface area (Å²) < 4.78 is 7.34. The Kier molecular flexibility index (Phi) is 5.06. The van der Waals surface area contributed by atoms with E-state index in [9.17, 15) is 10.2 Å². The van der Waals surface area contributed by atoms with Gasteiger partial charge in [0.15, 0.2) is 17.7 Å². The minimum atomic E-state index is -1.11. The number of fused-ring (bicyclic) bond motifs is 1. The van der Waals surface area contributed by atoms with Crippen LogP contribution in [0.4, 0.5) is 11.8 Å². The van der Waals surface area contributed by atoms with Crippen molar-refractivity contribution in [3.8, 4) is 0 Å². The van der Waals surface area contributed by atoms with E-state index >= 15 is 0 Å². The second-order valence-corrected chi connectivity index (χ2v) is 6.70. The highest BCUT2D eigenvalue weighted by atomic mass is 32.2. The van der Waals surface area contributed by atoms with Crippen LogP contribution >= 0.6 is 11.8 Å². The molecule has 8 N–H and O–H groups in total. The van der Waals surface area contributed by atoms with Crippen LogP contribution in [0.1, 0.15) is 12.6 Å². The van der Waals surface area contributed by atoms with Crippen molar-refractivity contribution in [2.75, 3.05) is 29.5 Å². The minimum absolute atomic E-state index is 0.00340. The average molecular weight is 355 g/mol. The molecule has 2 aromatic rings. The summed E-state index contributed by atoms with van der Waals surface area (Å²) >= 11 is 1.62. The molecule has 1 saturated heterocycles. The number of aliphatic hydroxyl groups is 2. The maximum atomic E-state index is 10.3. The second-order valence-electron chi connectivity index (χ2n) is 5.55. The molecule has 1 aliphatic heterocycles. The number of thioether (sulfide) groups is 1. The van der Waals surface area contributed by atoms with E-state index in [1.54, 1.807) is 11.8 Å². The van der Waals surface area contributed by atoms with Gasteiger partial charge in [0, 0.05) is 5.75 Å². The predicted octanol–water partition coefficient (Wildman–Crippen LogP) is -1.31. The van der Waals surface area contributed by atoms with E-state index in [2.05, 4.69) is 15.0 Å². The topological polar surface area (TPSA) is 171 Å². The third kappa shape index (κ3) is 3.13. The molecular formula is C13H21N7O3S. The third-order valence-corrected chi connectivity index (χ3v) is 4.99. The monoisotopic (exact) mass is 355 g/mol. The van der Waals surface area contributed by atoms with Gasteiger partial charge in [-0.15, -0.1) is 0 Å². The van der Waals surface area contributed by atoms with Gasteiger partial charge in [-0.05, 0) is 18.7 Å². The summed E-state index contributed by atoms with van der Waals surface area (Å²) in [6.07, 6.45) is -1.10. The van der Waals surface area contributed by atoms with Crippen LogP contribution < -0.4 is 17.2 Å². The van der Waals surface area contributed by atoms with Gasteiger partial charge in [0.25, 0.3) is 0 Å². The number of rotatable bonds is 6. The molecule has 0 radical (unpaired) electrons. The van der Waals surface area contributed by atoms with Crippen LogP contribution in [-0.4, -0.2) is 66.1 Å². The van der Waals surface area contributed by atoms with Gasteiger partial charge in [0.05, 0.1) is 12.4 Å². The first-order valence-electron chi connectivity index (χ1n) is 7.58. The number of hydrogen-bond acceptors (Lipinski definition) is 10. The van der Waals surface area contributed by atoms with Crippen molar-refractivity contribution < 1.29 is 14.9 Å². The SMILES string of the molecule is NCCCSC[C@H]1O[C@@H](n2cnc3c(N)nc(N)nc32)[C@H](O)[C@@H]1O. The Morgan fingerprint density at radius 3 is 2.79 bits per heavy atom. The molecule has 132 valence electrons. The third-order valence-electron chi connectivity index (χ3n) is 3.85. The fourth-order valence-corrected chi connectivity index (χ4v) is 3.67. The summed E-state index contributed by atoms with van der Waals surface area (Å²) in [6, 6.07) is 0. The molecule has 3 rings (SSSR count). The molecule has 1 fully saturated rings. The number of nitrogens with two attached hydrogens (primary N) is 3. The number of aromatic nitrogens is 4. The summed E-state index contributed by atoms with van der Waals surface area (Å²) in [4.78, 5) is 12.1. The zero-order valence-electron chi connectivity index (χ0n) is 12.9. The molecule has 0 aliphatic carbocycles. The van der Waals surface area contributed by atoms with Crippen molar-refractivity contribution in [1.82, 2.24) is 19.5 Å². The maximum absolute atomic E-state index is 10.3. The molecule has 0 unspecified atom stereocenters. The highest BCUT2D eigenvalue weighted by Crippen LogP contribution is 2.33. The molecule has 0 aromatic carbocycles. The first-order chi connectivity index (χ1) is 11.5. The largest absolute Gasteiger partial charge is 0.387 e. The van der Waals surface area contributed by atoms with Gasteiger partial charge in [-0.3, -0.25) is 4.57 Å². The number of hydrogen-bond donors (Lipinski definition) is 5. The van der Waals surface area contributed by atoms with Crippen molar-refractivity contribution in [3.63, 3.8) is 0 Å². The van der Waals surface area contributed by atoms with Crippen LogP contribution in [-0.2, 0) is 4.74 Å². The van der Waals surface area contributed by atoms with Gasteiger partial charge < -0.3 is 32.2 Å². The van der Waals surface area contributed by atoms with Gasteiger partial charge in [-0.25, -0.2) is 4.98 Å². The molecule has 24 heavy (non-hydrogen) atoms. The molecule has 0 amide bonds. The van der Waals surface area contributed by atoms with Crippen molar-refractivity contribution in [2.45, 2.75) is 31.0 Å². The normalized spacial score (nSPS) is 27.1. The lowest BCUT2D eigenvalue weighted by atomic mass is 10.1. The Labute approximate surface area is 142 Å². The molecule has 3 heterocycles. The minimum Gasteiger partial charge on any atom is -0.387 e. The summed E-state index contributed by atoms with van der Waals surface area (Å²) in [5, 5.41) is 20.6. The summed E-state index contributed by atoms with van der Waals surface area (Å²) in [7, 11) is 0. The van der Waals surface area contributed by atoms with Crippen molar-refractivity contribution in [1.29, 1.82) is 0 Å². The van der Waals surface area contributed by atoms with Crippen LogP contribution in [0.15, 0.2) is 6.33 Å². The van der Waals surface area contributed by atoms with Crippen molar-refractivity contribution >= 4 is 34.7 Å². The highest BCUT2D eigenvalue weighted by molar-refractivity contribution is 7.99. The summed E-state index contributed by atoms with van der Waals surface area (Å²) in [5.41, 5.74) is 17.6. The predicted molar refractivity (Wildman–Crippen MR) is 91.1 cm³/mol. The van der Waals surface area contributed by atoms with E-state index in [-0.39, 0.29) is 11.8 Å². The highest BCUT2D eigenvalue weighted by Gasteiger charge is 2.44. The Hall–Kier alpha value is -1.66. The molecule has 11 heteroatoms. The van der Waals surface area contributed by atoms with Crippen LogP contribution in [0.2, 0.25) is 0 Å². The number of imidazole rings is 1. The lowest BCUT2D eigenvalue weighted by Gasteiger charge is -2.16. The van der Waals surface area contributed by atoms with E-state index in [0.717, 1.165) is 12.2 Å². The van der Waals surface area contributed by atoms with E-state index < -0.39 is 24.5 Å². The van der Waals surface area contributed by atoms with E-state index in [1.165, 1.54) is 10.9 Å². The lowest BCUT2D eigenvalue weighted by Crippen LogP contribution is -2.32. The maximum Gasteiger partial charge on any atom is 0.224 e. The molecule has 0 saturated carbocycles. The lowest BCUT2D eigenvalue weighted by molar-refractivity contribution is -0.0288. The van der Waals surface area contributed by atoms with Crippen LogP contribution in [0.3, 0.4) is 0 Å². The smallest absolute Gasteiger partial charge is 0.224 e. The summed E-state index contributed by atoms with van der Waals surface area (Å²) in [6.45, 7) is 0.621. The number of nitrogens with zero attached hydrogens (tertiary/aromatic N) is 4. The fraction of sp³-hybridized carbons (Fsp3) is 0.615. The standard InChI is InChI=1S/C13H21N7O3S/c14-2-1-3-24-4-6-8(21)9(22)12(23-6)20-5-17-7-10(15)18-13(16)19-11(7)20/h5-6,8-9,12,21-22H,1-4,14H2,(H4,15,16,18,19)/t6-,8-,9-,12-/m1/s1. The first kappa shape index (κ1) is 17.2. The molecule has 0 bridgehead atoms. The van der Waals surface area contributed by atoms with Gasteiger partial charge in [0.2, 0.25) is 5.95 Å². The molecular weight excluding hydrogens is 334 g/mol. The van der Waals surface area contributed by atoms with Crippen LogP contribution in [0.25, 0.3) is 11.2 Å². The van der Waals surface area contributed by atoms with E-state index in [0.29, 0.717) is 23.5 Å². The quantitative estimate of drug-likeness (QED) is 0.392. The molecule has 10 nitrogen and oxygen atoms in total. The molecule has 2 aromatic heterocycles. The first-order valence-corrected chi connectivity index (χ1v) is 8.73. The van der Waals surface area contributed by atoms with Crippen molar-refractivity contribution in [2.24, 2.45) is 5.73 Å². The van der Waals surface area contributed by atoms with Crippen molar-refractivity contribution in [3.05, 3.63) is 6.33 Å². The Bertz CT molecular complexity index is 712. The number of nitrogen functional groups attached to an aromatic ring is 2. The second kappa shape index (κ2) is 7.07. The average Bonchev–Trinajstić information content (AvgIpc) is 3.07. The zero-order chi connectivity index (χ0) is 17.3. The van der Waals surface area contributed by atoms with Gasteiger partial charge in [-0.2, -0.15) is 21.7 Å². The fourth-order valence-electron chi connectivity index (χ4n) is 2.62. The molecule has 1 aliphatic rings. The zero-order valence-corrected chi connectivity index (χ0v) is 13.8. The Morgan fingerprint density at radius 1 is 1.25 bits per heavy atom.